The van der Waals surface area contributed by atoms with Gasteiger partial charge in [0.25, 0.3) is 5.91 Å². The number of piperidine rings is 1. The summed E-state index contributed by atoms with van der Waals surface area (Å²) < 4.78 is 13.5. The van der Waals surface area contributed by atoms with Crippen LogP contribution in [0, 0.1) is 11.7 Å². The minimum Gasteiger partial charge on any atom is -0.339 e. The van der Waals surface area contributed by atoms with E-state index < -0.39 is 5.82 Å². The van der Waals surface area contributed by atoms with Crippen LogP contribution < -0.4 is 5.90 Å². The maximum Gasteiger partial charge on any atom is 0.256 e. The monoisotopic (exact) mass is 252 g/mol. The minimum atomic E-state index is -0.463. The Kier molecular flexibility index (Phi) is 4.28. The largest absolute Gasteiger partial charge is 0.339 e. The molecule has 0 aromatic heterocycles. The Balaban J connectivity index is 1.98. The van der Waals surface area contributed by atoms with Crippen molar-refractivity contribution in [2.24, 2.45) is 11.8 Å². The number of rotatable bonds is 3. The lowest BCUT2D eigenvalue weighted by Crippen LogP contribution is -2.40. The summed E-state index contributed by atoms with van der Waals surface area (Å²) in [6.45, 7) is 1.77. The van der Waals surface area contributed by atoms with Gasteiger partial charge in [-0.25, -0.2) is 10.3 Å². The van der Waals surface area contributed by atoms with Gasteiger partial charge in [-0.15, -0.1) is 0 Å². The fourth-order valence-corrected chi connectivity index (χ4v) is 2.24. The minimum absolute atomic E-state index is 0.144. The number of hydrogen-bond acceptors (Lipinski definition) is 3. The first-order chi connectivity index (χ1) is 8.72. The molecule has 1 aliphatic rings. The van der Waals surface area contributed by atoms with Crippen LogP contribution in [0.1, 0.15) is 23.2 Å². The third-order valence-corrected chi connectivity index (χ3v) is 3.34. The van der Waals surface area contributed by atoms with Crippen molar-refractivity contribution in [3.05, 3.63) is 35.6 Å². The molecule has 0 radical (unpaired) electrons. The van der Waals surface area contributed by atoms with E-state index in [2.05, 4.69) is 4.84 Å². The second-order valence-corrected chi connectivity index (χ2v) is 4.55. The summed E-state index contributed by atoms with van der Waals surface area (Å²) >= 11 is 0. The molecule has 1 heterocycles. The van der Waals surface area contributed by atoms with Crippen LogP contribution in [-0.2, 0) is 4.84 Å². The first kappa shape index (κ1) is 13.0. The van der Waals surface area contributed by atoms with Gasteiger partial charge in [-0.2, -0.15) is 0 Å². The van der Waals surface area contributed by atoms with Gasteiger partial charge in [-0.3, -0.25) is 4.79 Å². The van der Waals surface area contributed by atoms with E-state index in [0.717, 1.165) is 12.8 Å². The van der Waals surface area contributed by atoms with E-state index in [9.17, 15) is 9.18 Å². The van der Waals surface area contributed by atoms with E-state index in [0.29, 0.717) is 25.6 Å². The molecule has 5 heteroatoms. The molecule has 0 unspecified atom stereocenters. The second kappa shape index (κ2) is 5.93. The predicted octanol–water partition coefficient (Wildman–Crippen LogP) is 1.57. The quantitative estimate of drug-likeness (QED) is 0.831. The van der Waals surface area contributed by atoms with Crippen molar-refractivity contribution in [1.82, 2.24) is 4.90 Å². The molecule has 1 aromatic rings. The number of nitrogens with zero attached hydrogens (tertiary/aromatic N) is 1. The third-order valence-electron chi connectivity index (χ3n) is 3.34. The summed E-state index contributed by atoms with van der Waals surface area (Å²) in [6.07, 6.45) is 1.69. The van der Waals surface area contributed by atoms with Crippen LogP contribution in [0.5, 0.6) is 0 Å². The fraction of sp³-hybridized carbons (Fsp3) is 0.462. The van der Waals surface area contributed by atoms with Crippen LogP contribution in [-0.4, -0.2) is 30.5 Å². The number of halogens is 1. The van der Waals surface area contributed by atoms with Crippen LogP contribution in [0.3, 0.4) is 0 Å². The smallest absolute Gasteiger partial charge is 0.256 e. The van der Waals surface area contributed by atoms with E-state index in [-0.39, 0.29) is 11.5 Å². The number of likely N-dealkylation sites (tertiary alicyclic amines) is 1. The highest BCUT2D eigenvalue weighted by Gasteiger charge is 2.24. The molecule has 18 heavy (non-hydrogen) atoms. The van der Waals surface area contributed by atoms with Crippen LogP contribution in [0.15, 0.2) is 24.3 Å². The molecule has 1 aromatic carbocycles. The van der Waals surface area contributed by atoms with Crippen molar-refractivity contribution >= 4 is 5.91 Å². The molecule has 4 nitrogen and oxygen atoms in total. The Bertz CT molecular complexity index is 417. The summed E-state index contributed by atoms with van der Waals surface area (Å²) in [5.41, 5.74) is 0.144. The molecule has 0 spiro atoms. The first-order valence-corrected chi connectivity index (χ1v) is 6.08. The lowest BCUT2D eigenvalue weighted by Gasteiger charge is -2.31. The molecule has 0 bridgehead atoms. The summed E-state index contributed by atoms with van der Waals surface area (Å²) in [4.78, 5) is 18.4. The number of amides is 1. The van der Waals surface area contributed by atoms with Crippen LogP contribution >= 0.6 is 0 Å². The van der Waals surface area contributed by atoms with Crippen LogP contribution in [0.4, 0.5) is 4.39 Å². The van der Waals surface area contributed by atoms with Gasteiger partial charge in [-0.05, 0) is 30.9 Å². The number of hydrogen-bond donors (Lipinski definition) is 1. The Morgan fingerprint density at radius 2 is 2.06 bits per heavy atom. The maximum atomic E-state index is 13.5. The van der Waals surface area contributed by atoms with E-state index >= 15 is 0 Å². The van der Waals surface area contributed by atoms with Gasteiger partial charge < -0.3 is 9.74 Å². The summed E-state index contributed by atoms with van der Waals surface area (Å²) in [6, 6.07) is 6.08. The molecule has 1 saturated heterocycles. The lowest BCUT2D eigenvalue weighted by atomic mass is 9.97. The average Bonchev–Trinajstić information content (AvgIpc) is 2.40. The van der Waals surface area contributed by atoms with Crippen molar-refractivity contribution in [1.29, 1.82) is 0 Å². The number of carbonyl (C=O) groups excluding carboxylic acids is 1. The fourth-order valence-electron chi connectivity index (χ4n) is 2.24. The summed E-state index contributed by atoms with van der Waals surface area (Å²) in [7, 11) is 0. The molecule has 0 saturated carbocycles. The number of benzene rings is 1. The molecule has 1 amide bonds. The average molecular weight is 252 g/mol. The highest BCUT2D eigenvalue weighted by atomic mass is 19.1. The SMILES string of the molecule is NOCC1CCN(C(=O)c2ccccc2F)CC1. The molecule has 1 aliphatic heterocycles. The van der Waals surface area contributed by atoms with E-state index in [1.165, 1.54) is 12.1 Å². The zero-order valence-electron chi connectivity index (χ0n) is 10.1. The third kappa shape index (κ3) is 2.86. The van der Waals surface area contributed by atoms with Gasteiger partial charge in [0.15, 0.2) is 0 Å². The molecular formula is C13H17FN2O2. The number of nitrogens with two attached hydrogens (primary N) is 1. The van der Waals surface area contributed by atoms with Gasteiger partial charge in [0.05, 0.1) is 12.2 Å². The normalized spacial score (nSPS) is 16.9. The van der Waals surface area contributed by atoms with Crippen molar-refractivity contribution in [2.75, 3.05) is 19.7 Å². The Morgan fingerprint density at radius 3 is 2.67 bits per heavy atom. The zero-order chi connectivity index (χ0) is 13.0. The maximum absolute atomic E-state index is 13.5. The first-order valence-electron chi connectivity index (χ1n) is 6.08. The summed E-state index contributed by atoms with van der Waals surface area (Å²) in [5, 5.41) is 0. The van der Waals surface area contributed by atoms with E-state index in [1.54, 1.807) is 17.0 Å². The van der Waals surface area contributed by atoms with Crippen molar-refractivity contribution < 1.29 is 14.0 Å². The highest BCUT2D eigenvalue weighted by molar-refractivity contribution is 5.94. The number of carbonyl (C=O) groups is 1. The van der Waals surface area contributed by atoms with Crippen molar-refractivity contribution in [2.45, 2.75) is 12.8 Å². The molecule has 2 rings (SSSR count). The van der Waals surface area contributed by atoms with Crippen LogP contribution in [0.25, 0.3) is 0 Å². The van der Waals surface area contributed by atoms with Crippen molar-refractivity contribution in [3.63, 3.8) is 0 Å². The second-order valence-electron chi connectivity index (χ2n) is 4.55. The molecule has 0 aliphatic carbocycles. The molecule has 98 valence electrons. The Hall–Kier alpha value is -1.46. The molecule has 0 atom stereocenters. The molecule has 2 N–H and O–H groups in total. The topological polar surface area (TPSA) is 55.6 Å². The van der Waals surface area contributed by atoms with E-state index in [1.807, 2.05) is 0 Å². The summed E-state index contributed by atoms with van der Waals surface area (Å²) in [5.74, 6) is 4.72. The lowest BCUT2D eigenvalue weighted by molar-refractivity contribution is 0.0522. The Labute approximate surface area is 105 Å². The van der Waals surface area contributed by atoms with Gasteiger partial charge in [-0.1, -0.05) is 12.1 Å². The predicted molar refractivity (Wildman–Crippen MR) is 65.2 cm³/mol. The van der Waals surface area contributed by atoms with Gasteiger partial charge >= 0.3 is 0 Å². The van der Waals surface area contributed by atoms with Crippen molar-refractivity contribution in [3.8, 4) is 0 Å². The van der Waals surface area contributed by atoms with Gasteiger partial charge in [0.1, 0.15) is 5.82 Å². The van der Waals surface area contributed by atoms with E-state index in [4.69, 9.17) is 5.90 Å². The Morgan fingerprint density at radius 1 is 1.39 bits per heavy atom. The zero-order valence-corrected chi connectivity index (χ0v) is 10.1. The van der Waals surface area contributed by atoms with Gasteiger partial charge in [0.2, 0.25) is 0 Å². The molecular weight excluding hydrogens is 235 g/mol. The highest BCUT2D eigenvalue weighted by Crippen LogP contribution is 2.19. The standard InChI is InChI=1S/C13H17FN2O2/c14-12-4-2-1-3-11(12)13(17)16-7-5-10(6-8-16)9-18-15/h1-4,10H,5-9,15H2. The molecule has 1 fully saturated rings. The van der Waals surface area contributed by atoms with Gasteiger partial charge in [0, 0.05) is 13.1 Å². The van der Waals surface area contributed by atoms with Crippen LogP contribution in [0.2, 0.25) is 0 Å².